The number of hydrogen-bond acceptors (Lipinski definition) is 3. The van der Waals surface area contributed by atoms with Crippen molar-refractivity contribution in [1.29, 1.82) is 0 Å². The first-order chi connectivity index (χ1) is 24.8. The first-order valence-corrected chi connectivity index (χ1v) is 16.9. The number of rotatable bonds is 4. The summed E-state index contributed by atoms with van der Waals surface area (Å²) in [5.41, 5.74) is 10.0. The van der Waals surface area contributed by atoms with Crippen LogP contribution in [0.5, 0.6) is 0 Å². The fourth-order valence-electron chi connectivity index (χ4n) is 7.91. The van der Waals surface area contributed by atoms with Crippen LogP contribution in [0.15, 0.2) is 179 Å². The highest BCUT2D eigenvalue weighted by Crippen LogP contribution is 2.43. The normalized spacial score (nSPS) is 12.0. The van der Waals surface area contributed by atoms with Crippen molar-refractivity contribution in [3.8, 4) is 5.69 Å². The third kappa shape index (κ3) is 3.93. The Hall–Kier alpha value is -6.78. The summed E-state index contributed by atoms with van der Waals surface area (Å²) < 4.78 is 15.2. The third-order valence-electron chi connectivity index (χ3n) is 10.1. The summed E-state index contributed by atoms with van der Waals surface area (Å²) in [5.74, 6) is 0. The van der Waals surface area contributed by atoms with Crippen LogP contribution in [0.4, 0.5) is 17.1 Å². The first kappa shape index (κ1) is 27.2. The molecule has 0 radical (unpaired) electrons. The van der Waals surface area contributed by atoms with Gasteiger partial charge in [-0.05, 0) is 72.1 Å². The zero-order valence-corrected chi connectivity index (χ0v) is 26.9. The molecule has 0 spiro atoms. The Morgan fingerprint density at radius 1 is 0.360 bits per heavy atom. The summed E-state index contributed by atoms with van der Waals surface area (Å²) in [6.45, 7) is 0. The molecule has 0 fully saturated rings. The lowest BCUT2D eigenvalue weighted by molar-refractivity contribution is 0.669. The van der Waals surface area contributed by atoms with Crippen LogP contribution >= 0.6 is 0 Å². The van der Waals surface area contributed by atoms with Gasteiger partial charge in [0.1, 0.15) is 22.3 Å². The largest absolute Gasteiger partial charge is 0.456 e. The van der Waals surface area contributed by atoms with Gasteiger partial charge in [0.15, 0.2) is 0 Å². The predicted molar refractivity (Wildman–Crippen MR) is 208 cm³/mol. The molecule has 0 bridgehead atoms. The van der Waals surface area contributed by atoms with Gasteiger partial charge in [0, 0.05) is 72.6 Å². The fourth-order valence-corrected chi connectivity index (χ4v) is 7.91. The minimum atomic E-state index is 0.853. The molecule has 3 heterocycles. The van der Waals surface area contributed by atoms with Crippen LogP contribution in [0.1, 0.15) is 0 Å². The number of aromatic nitrogens is 1. The van der Waals surface area contributed by atoms with Gasteiger partial charge >= 0.3 is 0 Å². The average molecular weight is 641 g/mol. The Morgan fingerprint density at radius 3 is 1.54 bits per heavy atom. The zero-order valence-electron chi connectivity index (χ0n) is 26.9. The van der Waals surface area contributed by atoms with Gasteiger partial charge in [0.2, 0.25) is 0 Å². The lowest BCUT2D eigenvalue weighted by atomic mass is 10.0. The molecule has 50 heavy (non-hydrogen) atoms. The van der Waals surface area contributed by atoms with Gasteiger partial charge in [-0.1, -0.05) is 91.0 Å². The maximum atomic E-state index is 6.40. The van der Waals surface area contributed by atoms with Crippen molar-refractivity contribution in [2.75, 3.05) is 4.90 Å². The maximum absolute atomic E-state index is 6.40. The van der Waals surface area contributed by atoms with Crippen molar-refractivity contribution in [2.45, 2.75) is 0 Å². The summed E-state index contributed by atoms with van der Waals surface area (Å²) in [4.78, 5) is 2.31. The van der Waals surface area contributed by atoms with E-state index < -0.39 is 0 Å². The topological polar surface area (TPSA) is 34.5 Å². The highest BCUT2D eigenvalue weighted by molar-refractivity contribution is 6.19. The van der Waals surface area contributed by atoms with Gasteiger partial charge in [0.25, 0.3) is 0 Å². The van der Waals surface area contributed by atoms with Crippen LogP contribution in [0.3, 0.4) is 0 Å². The minimum absolute atomic E-state index is 0.853. The maximum Gasteiger partial charge on any atom is 0.137 e. The highest BCUT2D eigenvalue weighted by Gasteiger charge is 2.20. The molecule has 4 heteroatoms. The van der Waals surface area contributed by atoms with Crippen molar-refractivity contribution >= 4 is 93.5 Å². The molecule has 0 aliphatic carbocycles. The Morgan fingerprint density at radius 2 is 0.860 bits per heavy atom. The number of anilines is 3. The number of nitrogens with zero attached hydrogens (tertiary/aromatic N) is 2. The number of benzene rings is 8. The smallest absolute Gasteiger partial charge is 0.137 e. The fraction of sp³-hybridized carbons (Fsp3) is 0. The highest BCUT2D eigenvalue weighted by atomic mass is 16.3. The van der Waals surface area contributed by atoms with Crippen molar-refractivity contribution in [3.05, 3.63) is 170 Å². The van der Waals surface area contributed by atoms with Crippen LogP contribution in [0.2, 0.25) is 0 Å². The van der Waals surface area contributed by atoms with Gasteiger partial charge in [-0.15, -0.1) is 0 Å². The van der Waals surface area contributed by atoms with E-state index in [-0.39, 0.29) is 0 Å². The summed E-state index contributed by atoms with van der Waals surface area (Å²) in [5, 5.41) is 9.27. The van der Waals surface area contributed by atoms with E-state index in [1.807, 2.05) is 24.3 Å². The second-order valence-corrected chi connectivity index (χ2v) is 12.9. The van der Waals surface area contributed by atoms with Gasteiger partial charge in [-0.2, -0.15) is 0 Å². The number of furan rings is 2. The van der Waals surface area contributed by atoms with E-state index in [0.717, 1.165) is 66.6 Å². The van der Waals surface area contributed by atoms with Crippen molar-refractivity contribution in [3.63, 3.8) is 0 Å². The van der Waals surface area contributed by atoms with Crippen LogP contribution in [-0.4, -0.2) is 4.57 Å². The van der Waals surface area contributed by atoms with Gasteiger partial charge in [0.05, 0.1) is 11.0 Å². The summed E-state index contributed by atoms with van der Waals surface area (Å²) in [7, 11) is 0. The van der Waals surface area contributed by atoms with Gasteiger partial charge < -0.3 is 18.3 Å². The lowest BCUT2D eigenvalue weighted by Crippen LogP contribution is -2.10. The van der Waals surface area contributed by atoms with Crippen molar-refractivity contribution < 1.29 is 8.83 Å². The molecule has 0 N–H and O–H groups in total. The Balaban J connectivity index is 1.20. The molecule has 8 aromatic carbocycles. The Kier molecular flexibility index (Phi) is 5.63. The van der Waals surface area contributed by atoms with E-state index in [9.17, 15) is 0 Å². The van der Waals surface area contributed by atoms with Gasteiger partial charge in [-0.25, -0.2) is 0 Å². The molecule has 11 aromatic rings. The Bertz CT molecular complexity index is 3000. The standard InChI is InChI=1S/C46H28N2O2/c1-2-10-30(11-3-1)48-41-15-7-4-12-34(41)39-23-19-29-18-20-31(26-40(29)46(39)48)47(32-21-24-37-35-13-5-8-16-42(35)49-44(37)27-32)33-22-25-38-36-14-6-9-17-43(36)50-45(38)28-33/h1-28H. The van der Waals surface area contributed by atoms with E-state index >= 15 is 0 Å². The van der Waals surface area contributed by atoms with Crippen molar-refractivity contribution in [1.82, 2.24) is 4.57 Å². The molecule has 0 aliphatic heterocycles. The lowest BCUT2D eigenvalue weighted by Gasteiger charge is -2.26. The predicted octanol–water partition coefficient (Wildman–Crippen LogP) is 13.2. The first-order valence-electron chi connectivity index (χ1n) is 16.9. The van der Waals surface area contributed by atoms with Crippen LogP contribution in [-0.2, 0) is 0 Å². The van der Waals surface area contributed by atoms with Crippen molar-refractivity contribution in [2.24, 2.45) is 0 Å². The second-order valence-electron chi connectivity index (χ2n) is 12.9. The summed E-state index contributed by atoms with van der Waals surface area (Å²) in [6.07, 6.45) is 0. The zero-order chi connectivity index (χ0) is 32.8. The molecular formula is C46H28N2O2. The quantitative estimate of drug-likeness (QED) is 0.192. The molecule has 0 amide bonds. The Labute approximate surface area is 286 Å². The summed E-state index contributed by atoms with van der Waals surface area (Å²) >= 11 is 0. The molecule has 0 saturated heterocycles. The molecule has 0 atom stereocenters. The number of para-hydroxylation sites is 4. The minimum Gasteiger partial charge on any atom is -0.456 e. The van der Waals surface area contributed by atoms with E-state index in [2.05, 4.69) is 155 Å². The molecule has 11 rings (SSSR count). The van der Waals surface area contributed by atoms with Crippen LogP contribution in [0.25, 0.3) is 82.1 Å². The van der Waals surface area contributed by atoms with E-state index in [4.69, 9.17) is 8.83 Å². The van der Waals surface area contributed by atoms with Crippen LogP contribution in [0, 0.1) is 0 Å². The summed E-state index contributed by atoms with van der Waals surface area (Å²) in [6, 6.07) is 60.2. The SMILES string of the molecule is c1ccc(-n2c3ccccc3c3ccc4ccc(N(c5ccc6c(c5)oc5ccccc56)c5ccc6c(c5)oc5ccccc56)cc4c32)cc1. The molecule has 0 unspecified atom stereocenters. The van der Waals surface area contributed by atoms with Gasteiger partial charge in [-0.3, -0.25) is 0 Å². The number of fused-ring (bicyclic) bond motifs is 11. The second kappa shape index (κ2) is 10.4. The molecule has 4 nitrogen and oxygen atoms in total. The monoisotopic (exact) mass is 640 g/mol. The third-order valence-corrected chi connectivity index (χ3v) is 10.1. The molecule has 3 aromatic heterocycles. The molecule has 0 aliphatic rings. The molecular weight excluding hydrogens is 613 g/mol. The molecule has 234 valence electrons. The van der Waals surface area contributed by atoms with E-state index in [0.29, 0.717) is 0 Å². The van der Waals surface area contributed by atoms with Crippen LogP contribution < -0.4 is 4.90 Å². The average Bonchev–Trinajstić information content (AvgIpc) is 3.84. The molecule has 0 saturated carbocycles. The van der Waals surface area contributed by atoms with E-state index in [1.54, 1.807) is 0 Å². The number of hydrogen-bond donors (Lipinski definition) is 0. The van der Waals surface area contributed by atoms with E-state index in [1.165, 1.54) is 32.6 Å².